The van der Waals surface area contributed by atoms with Gasteiger partial charge in [-0.25, -0.2) is 22.2 Å². The number of amides is 1. The summed E-state index contributed by atoms with van der Waals surface area (Å²) in [6, 6.07) is 2.86. The molecule has 1 saturated heterocycles. The minimum absolute atomic E-state index is 0.0179. The van der Waals surface area contributed by atoms with E-state index in [1.165, 1.54) is 16.8 Å². The van der Waals surface area contributed by atoms with Crippen molar-refractivity contribution < 1.29 is 22.0 Å². The summed E-state index contributed by atoms with van der Waals surface area (Å²) in [5, 5.41) is 2.35. The summed E-state index contributed by atoms with van der Waals surface area (Å²) in [6.45, 7) is 2.73. The topological polar surface area (TPSA) is 84.3 Å². The first-order chi connectivity index (χ1) is 12.8. The molecule has 1 amide bonds. The van der Waals surface area contributed by atoms with Crippen LogP contribution in [-0.2, 0) is 21.4 Å². The maximum Gasteiger partial charge on any atom is 0.262 e. The number of rotatable bonds is 5. The van der Waals surface area contributed by atoms with Crippen LogP contribution in [0, 0.1) is 17.6 Å². The van der Waals surface area contributed by atoms with Crippen molar-refractivity contribution in [3.8, 4) is 0 Å². The number of hydrogen-bond donors (Lipinski definition) is 1. The fourth-order valence-electron chi connectivity index (χ4n) is 2.98. The van der Waals surface area contributed by atoms with E-state index >= 15 is 0 Å². The van der Waals surface area contributed by atoms with Gasteiger partial charge in [0.2, 0.25) is 5.91 Å². The van der Waals surface area contributed by atoms with E-state index in [1.807, 2.05) is 6.92 Å². The van der Waals surface area contributed by atoms with Crippen LogP contribution in [0.25, 0.3) is 0 Å². The third-order valence-electron chi connectivity index (χ3n) is 4.52. The molecular weight excluding hydrogens is 378 g/mol. The second-order valence-corrected chi connectivity index (χ2v) is 8.24. The van der Waals surface area contributed by atoms with Crippen molar-refractivity contribution in [2.75, 3.05) is 18.4 Å². The molecule has 2 aromatic rings. The summed E-state index contributed by atoms with van der Waals surface area (Å²) >= 11 is 0. The number of carbonyl (C=O) groups is 1. The number of aryl methyl sites for hydroxylation is 1. The molecule has 1 aliphatic heterocycles. The van der Waals surface area contributed by atoms with E-state index in [9.17, 15) is 22.0 Å². The fourth-order valence-corrected chi connectivity index (χ4v) is 4.44. The van der Waals surface area contributed by atoms with Crippen molar-refractivity contribution in [1.29, 1.82) is 0 Å². The molecule has 1 aliphatic rings. The number of hydrogen-bond acceptors (Lipinski definition) is 4. The van der Waals surface area contributed by atoms with Gasteiger partial charge >= 0.3 is 0 Å². The lowest BCUT2D eigenvalue weighted by Crippen LogP contribution is -2.43. The highest BCUT2D eigenvalue weighted by atomic mass is 32.2. The summed E-state index contributed by atoms with van der Waals surface area (Å²) in [4.78, 5) is 16.4. The predicted molar refractivity (Wildman–Crippen MR) is 94.4 cm³/mol. The molecule has 27 heavy (non-hydrogen) atoms. The largest absolute Gasteiger partial charge is 0.336 e. The average Bonchev–Trinajstić information content (AvgIpc) is 3.14. The molecule has 0 bridgehead atoms. The minimum atomic E-state index is -3.81. The standard InChI is InChI=1S/C17H20F2N4O3S/c1-2-22-10-16(20-11-22)27(25,26)23-7-3-4-12(9-23)17(24)21-15-6-5-13(18)8-14(15)19/h5-6,8,10-12H,2-4,7,9H2,1H3,(H,21,24)/t12-/m0/s1. The summed E-state index contributed by atoms with van der Waals surface area (Å²) in [5.74, 6) is -2.76. The molecular formula is C17H20F2N4O3S. The second-order valence-electron chi connectivity index (χ2n) is 6.36. The molecule has 0 radical (unpaired) electrons. The van der Waals surface area contributed by atoms with E-state index in [-0.39, 0.29) is 23.8 Å². The molecule has 1 N–H and O–H groups in total. The molecule has 0 aliphatic carbocycles. The van der Waals surface area contributed by atoms with Gasteiger partial charge < -0.3 is 9.88 Å². The minimum Gasteiger partial charge on any atom is -0.336 e. The Balaban J connectivity index is 1.72. The molecule has 146 valence electrons. The fraction of sp³-hybridized carbons (Fsp3) is 0.412. The number of piperidine rings is 1. The number of sulfonamides is 1. The number of anilines is 1. The Labute approximate surface area is 156 Å². The van der Waals surface area contributed by atoms with Gasteiger partial charge in [-0.05, 0) is 31.9 Å². The molecule has 10 heteroatoms. The van der Waals surface area contributed by atoms with E-state index in [4.69, 9.17) is 0 Å². The first-order valence-electron chi connectivity index (χ1n) is 8.59. The van der Waals surface area contributed by atoms with Crippen LogP contribution in [0.2, 0.25) is 0 Å². The van der Waals surface area contributed by atoms with Crippen LogP contribution in [0.5, 0.6) is 0 Å². The van der Waals surface area contributed by atoms with Gasteiger partial charge in [0.15, 0.2) is 5.03 Å². The molecule has 0 unspecified atom stereocenters. The Bertz CT molecular complexity index is 945. The van der Waals surface area contributed by atoms with E-state index in [1.54, 1.807) is 4.57 Å². The normalized spacial score (nSPS) is 18.4. The van der Waals surface area contributed by atoms with E-state index in [0.717, 1.165) is 12.1 Å². The maximum atomic E-state index is 13.7. The van der Waals surface area contributed by atoms with Gasteiger partial charge in [-0.2, -0.15) is 4.31 Å². The zero-order chi connectivity index (χ0) is 19.6. The first kappa shape index (κ1) is 19.4. The monoisotopic (exact) mass is 398 g/mol. The zero-order valence-corrected chi connectivity index (χ0v) is 15.5. The number of nitrogens with one attached hydrogen (secondary N) is 1. The lowest BCUT2D eigenvalue weighted by molar-refractivity contribution is -0.120. The summed E-state index contributed by atoms with van der Waals surface area (Å²) < 4.78 is 55.1. The van der Waals surface area contributed by atoms with Crippen LogP contribution >= 0.6 is 0 Å². The van der Waals surface area contributed by atoms with Gasteiger partial charge in [-0.1, -0.05) is 0 Å². The molecule has 1 atom stereocenters. The Kier molecular flexibility index (Phi) is 5.56. The third kappa shape index (κ3) is 4.16. The molecule has 1 aromatic carbocycles. The van der Waals surface area contributed by atoms with Crippen molar-refractivity contribution >= 4 is 21.6 Å². The smallest absolute Gasteiger partial charge is 0.262 e. The Morgan fingerprint density at radius 3 is 2.81 bits per heavy atom. The highest BCUT2D eigenvalue weighted by Crippen LogP contribution is 2.25. The molecule has 1 fully saturated rings. The molecule has 2 heterocycles. The average molecular weight is 398 g/mol. The Morgan fingerprint density at radius 1 is 1.37 bits per heavy atom. The van der Waals surface area contributed by atoms with Crippen molar-refractivity contribution in [2.24, 2.45) is 5.92 Å². The van der Waals surface area contributed by atoms with Gasteiger partial charge in [0.05, 0.1) is 17.9 Å². The van der Waals surface area contributed by atoms with Gasteiger partial charge in [-0.3, -0.25) is 4.79 Å². The number of aromatic nitrogens is 2. The van der Waals surface area contributed by atoms with E-state index in [2.05, 4.69) is 10.3 Å². The van der Waals surface area contributed by atoms with Crippen LogP contribution in [-0.4, -0.2) is 41.3 Å². The van der Waals surface area contributed by atoms with Gasteiger partial charge in [0.25, 0.3) is 10.0 Å². The van der Waals surface area contributed by atoms with E-state index < -0.39 is 33.5 Å². The van der Waals surface area contributed by atoms with Gasteiger partial charge in [-0.15, -0.1) is 0 Å². The van der Waals surface area contributed by atoms with Crippen molar-refractivity contribution in [2.45, 2.75) is 31.3 Å². The SMILES string of the molecule is CCn1cnc(S(=O)(=O)N2CCC[C@H](C(=O)Nc3ccc(F)cc3F)C2)c1. The zero-order valence-electron chi connectivity index (χ0n) is 14.7. The molecule has 0 saturated carbocycles. The van der Waals surface area contributed by atoms with Gasteiger partial charge in [0, 0.05) is 31.9 Å². The van der Waals surface area contributed by atoms with Crippen LogP contribution in [0.15, 0.2) is 35.7 Å². The number of carbonyl (C=O) groups excluding carboxylic acids is 1. The quantitative estimate of drug-likeness (QED) is 0.837. The highest BCUT2D eigenvalue weighted by molar-refractivity contribution is 7.89. The van der Waals surface area contributed by atoms with Crippen LogP contribution in [0.1, 0.15) is 19.8 Å². The molecule has 1 aromatic heterocycles. The summed E-state index contributed by atoms with van der Waals surface area (Å²) in [7, 11) is -3.81. The first-order valence-corrected chi connectivity index (χ1v) is 10.0. The summed E-state index contributed by atoms with van der Waals surface area (Å²) in [5.41, 5.74) is -0.136. The van der Waals surface area contributed by atoms with Crippen LogP contribution in [0.4, 0.5) is 14.5 Å². The lowest BCUT2D eigenvalue weighted by Gasteiger charge is -2.30. The van der Waals surface area contributed by atoms with Crippen LogP contribution < -0.4 is 5.32 Å². The number of imidazole rings is 1. The Hall–Kier alpha value is -2.33. The maximum absolute atomic E-state index is 13.7. The third-order valence-corrected chi connectivity index (χ3v) is 6.27. The molecule has 3 rings (SSSR count). The number of nitrogens with zero attached hydrogens (tertiary/aromatic N) is 3. The predicted octanol–water partition coefficient (Wildman–Crippen LogP) is 2.22. The second kappa shape index (κ2) is 7.73. The molecule has 7 nitrogen and oxygen atoms in total. The van der Waals surface area contributed by atoms with Crippen molar-refractivity contribution in [3.63, 3.8) is 0 Å². The Morgan fingerprint density at radius 2 is 2.15 bits per heavy atom. The van der Waals surface area contributed by atoms with Crippen molar-refractivity contribution in [3.05, 3.63) is 42.4 Å². The molecule has 0 spiro atoms. The van der Waals surface area contributed by atoms with Crippen LogP contribution in [0.3, 0.4) is 0 Å². The van der Waals surface area contributed by atoms with E-state index in [0.29, 0.717) is 25.5 Å². The number of halogens is 2. The van der Waals surface area contributed by atoms with Crippen molar-refractivity contribution in [1.82, 2.24) is 13.9 Å². The summed E-state index contributed by atoms with van der Waals surface area (Å²) in [6.07, 6.45) is 3.87. The van der Waals surface area contributed by atoms with Gasteiger partial charge in [0.1, 0.15) is 11.6 Å². The number of benzene rings is 1. The highest BCUT2D eigenvalue weighted by Gasteiger charge is 2.34. The lowest BCUT2D eigenvalue weighted by atomic mass is 9.98.